The lowest BCUT2D eigenvalue weighted by Gasteiger charge is -2.33. The third-order valence-electron chi connectivity index (χ3n) is 5.67. The van der Waals surface area contributed by atoms with Gasteiger partial charge in [-0.05, 0) is 46.1 Å². The molecule has 0 spiro atoms. The van der Waals surface area contributed by atoms with Gasteiger partial charge < -0.3 is 20.3 Å². The van der Waals surface area contributed by atoms with E-state index >= 15 is 0 Å². The average Bonchev–Trinajstić information content (AvgIpc) is 3.08. The van der Waals surface area contributed by atoms with E-state index in [1.165, 1.54) is 25.8 Å². The molecule has 3 heterocycles. The smallest absolute Gasteiger partial charge is 0.191 e. The number of hydrogen-bond donors (Lipinski definition) is 2. The molecule has 2 atom stereocenters. The summed E-state index contributed by atoms with van der Waals surface area (Å²) >= 11 is 0. The molecule has 1 aromatic rings. The Hall–Kier alpha value is -1.67. The zero-order valence-corrected chi connectivity index (χ0v) is 17.8. The van der Waals surface area contributed by atoms with Crippen LogP contribution in [0.15, 0.2) is 4.99 Å². The van der Waals surface area contributed by atoms with Crippen LogP contribution in [0.1, 0.15) is 57.6 Å². The standard InChI is InChI=1S/C20H37N7O/c1-4-21-20(22-11-7-13-26-12-6-5-8-16(26)2)23-17-9-10-19-24-18(15-28-3)25-27(19)14-17/h16-17H,4-15H2,1-3H3,(H2,21,22,23). The summed E-state index contributed by atoms with van der Waals surface area (Å²) in [5.41, 5.74) is 0. The van der Waals surface area contributed by atoms with E-state index in [0.29, 0.717) is 12.6 Å². The highest BCUT2D eigenvalue weighted by Crippen LogP contribution is 2.16. The maximum absolute atomic E-state index is 5.15. The van der Waals surface area contributed by atoms with E-state index in [-0.39, 0.29) is 0 Å². The molecule has 1 saturated heterocycles. The Morgan fingerprint density at radius 1 is 1.32 bits per heavy atom. The number of likely N-dealkylation sites (tertiary alicyclic amines) is 1. The first-order valence-corrected chi connectivity index (χ1v) is 10.9. The normalized spacial score (nSPS) is 23.5. The fourth-order valence-corrected chi connectivity index (χ4v) is 4.14. The van der Waals surface area contributed by atoms with Crippen LogP contribution in [-0.4, -0.2) is 71.0 Å². The van der Waals surface area contributed by atoms with Crippen molar-refractivity contribution in [3.63, 3.8) is 0 Å². The largest absolute Gasteiger partial charge is 0.377 e. The summed E-state index contributed by atoms with van der Waals surface area (Å²) in [5, 5.41) is 11.5. The van der Waals surface area contributed by atoms with Crippen molar-refractivity contribution in [2.24, 2.45) is 4.99 Å². The van der Waals surface area contributed by atoms with Crippen LogP contribution < -0.4 is 10.6 Å². The maximum atomic E-state index is 5.15. The predicted octanol–water partition coefficient (Wildman–Crippen LogP) is 1.56. The lowest BCUT2D eigenvalue weighted by Crippen LogP contribution is -2.47. The highest BCUT2D eigenvalue weighted by atomic mass is 16.5. The number of methoxy groups -OCH3 is 1. The van der Waals surface area contributed by atoms with Gasteiger partial charge in [0, 0.05) is 45.2 Å². The molecule has 3 rings (SSSR count). The van der Waals surface area contributed by atoms with E-state index in [4.69, 9.17) is 9.73 Å². The molecule has 2 aliphatic rings. The summed E-state index contributed by atoms with van der Waals surface area (Å²) in [7, 11) is 1.68. The second kappa shape index (κ2) is 10.8. The molecule has 158 valence electrons. The quantitative estimate of drug-likeness (QED) is 0.398. The van der Waals surface area contributed by atoms with Gasteiger partial charge in [0.1, 0.15) is 12.4 Å². The number of rotatable bonds is 8. The number of aryl methyl sites for hydroxylation is 1. The van der Waals surface area contributed by atoms with Crippen molar-refractivity contribution in [2.45, 2.75) is 77.6 Å². The van der Waals surface area contributed by atoms with Gasteiger partial charge >= 0.3 is 0 Å². The predicted molar refractivity (Wildman–Crippen MR) is 111 cm³/mol. The molecule has 2 aliphatic heterocycles. The highest BCUT2D eigenvalue weighted by Gasteiger charge is 2.22. The highest BCUT2D eigenvalue weighted by molar-refractivity contribution is 5.80. The Kier molecular flexibility index (Phi) is 8.09. The Morgan fingerprint density at radius 2 is 2.21 bits per heavy atom. The van der Waals surface area contributed by atoms with Gasteiger partial charge in [0.05, 0.1) is 6.54 Å². The van der Waals surface area contributed by atoms with Gasteiger partial charge in [-0.2, -0.15) is 5.10 Å². The van der Waals surface area contributed by atoms with Crippen LogP contribution in [0.3, 0.4) is 0 Å². The monoisotopic (exact) mass is 391 g/mol. The van der Waals surface area contributed by atoms with Crippen molar-refractivity contribution in [1.29, 1.82) is 0 Å². The molecule has 2 unspecified atom stereocenters. The molecular weight excluding hydrogens is 354 g/mol. The number of nitrogens with zero attached hydrogens (tertiary/aromatic N) is 5. The third kappa shape index (κ3) is 5.91. The molecule has 8 nitrogen and oxygen atoms in total. The molecular formula is C20H37N7O. The first-order valence-electron chi connectivity index (χ1n) is 10.9. The first-order chi connectivity index (χ1) is 13.7. The molecule has 0 saturated carbocycles. The van der Waals surface area contributed by atoms with Gasteiger partial charge in [0.25, 0.3) is 0 Å². The summed E-state index contributed by atoms with van der Waals surface area (Å²) in [6.45, 7) is 9.88. The van der Waals surface area contributed by atoms with Gasteiger partial charge in [-0.1, -0.05) is 6.42 Å². The summed E-state index contributed by atoms with van der Waals surface area (Å²) < 4.78 is 7.16. The molecule has 1 aromatic heterocycles. The van der Waals surface area contributed by atoms with Crippen LogP contribution in [0, 0.1) is 0 Å². The fraction of sp³-hybridized carbons (Fsp3) is 0.850. The Labute approximate surface area is 169 Å². The topological polar surface area (TPSA) is 79.6 Å². The number of nitrogens with one attached hydrogen (secondary N) is 2. The number of fused-ring (bicyclic) bond motifs is 1. The molecule has 0 bridgehead atoms. The number of ether oxygens (including phenoxy) is 1. The van der Waals surface area contributed by atoms with Crippen molar-refractivity contribution < 1.29 is 4.74 Å². The minimum atomic E-state index is 0.324. The van der Waals surface area contributed by atoms with E-state index in [2.05, 4.69) is 39.5 Å². The van der Waals surface area contributed by atoms with Crippen LogP contribution in [0.2, 0.25) is 0 Å². The molecule has 8 heteroatoms. The third-order valence-corrected chi connectivity index (χ3v) is 5.67. The SMILES string of the molecule is CCNC(=NCCCN1CCCCC1C)NC1CCc2nc(COC)nn2C1. The zero-order chi connectivity index (χ0) is 19.8. The van der Waals surface area contributed by atoms with E-state index < -0.39 is 0 Å². The molecule has 0 amide bonds. The molecule has 28 heavy (non-hydrogen) atoms. The minimum Gasteiger partial charge on any atom is -0.377 e. The maximum Gasteiger partial charge on any atom is 0.191 e. The van der Waals surface area contributed by atoms with Crippen LogP contribution in [0.4, 0.5) is 0 Å². The Balaban J connectivity index is 1.47. The van der Waals surface area contributed by atoms with Crippen molar-refractivity contribution >= 4 is 5.96 Å². The molecule has 0 radical (unpaired) electrons. The van der Waals surface area contributed by atoms with Crippen molar-refractivity contribution in [3.05, 3.63) is 11.6 Å². The second-order valence-electron chi connectivity index (χ2n) is 7.93. The fourth-order valence-electron chi connectivity index (χ4n) is 4.14. The molecule has 2 N–H and O–H groups in total. The first kappa shape index (κ1) is 21.0. The van der Waals surface area contributed by atoms with E-state index in [1.807, 2.05) is 4.68 Å². The summed E-state index contributed by atoms with van der Waals surface area (Å²) in [5.74, 6) is 2.74. The van der Waals surface area contributed by atoms with Crippen LogP contribution >= 0.6 is 0 Å². The van der Waals surface area contributed by atoms with Crippen LogP contribution in [-0.2, 0) is 24.3 Å². The van der Waals surface area contributed by atoms with E-state index in [0.717, 1.165) is 69.1 Å². The van der Waals surface area contributed by atoms with Gasteiger partial charge in [-0.3, -0.25) is 4.99 Å². The van der Waals surface area contributed by atoms with Gasteiger partial charge in [0.15, 0.2) is 11.8 Å². The van der Waals surface area contributed by atoms with Gasteiger partial charge in [-0.25, -0.2) is 9.67 Å². The number of piperidine rings is 1. The summed E-state index contributed by atoms with van der Waals surface area (Å²) in [6, 6.07) is 1.05. The number of aromatic nitrogens is 3. The molecule has 0 aromatic carbocycles. The van der Waals surface area contributed by atoms with E-state index in [9.17, 15) is 0 Å². The molecule has 0 aliphatic carbocycles. The number of hydrogen-bond acceptors (Lipinski definition) is 5. The number of guanidine groups is 1. The summed E-state index contributed by atoms with van der Waals surface area (Å²) in [4.78, 5) is 12.0. The van der Waals surface area contributed by atoms with Crippen molar-refractivity contribution in [3.8, 4) is 0 Å². The second-order valence-corrected chi connectivity index (χ2v) is 7.93. The van der Waals surface area contributed by atoms with Gasteiger partial charge in [0.2, 0.25) is 0 Å². The lowest BCUT2D eigenvalue weighted by atomic mass is 10.0. The van der Waals surface area contributed by atoms with Crippen LogP contribution in [0.5, 0.6) is 0 Å². The zero-order valence-electron chi connectivity index (χ0n) is 17.8. The Bertz CT molecular complexity index is 630. The van der Waals surface area contributed by atoms with Crippen LogP contribution in [0.25, 0.3) is 0 Å². The van der Waals surface area contributed by atoms with Gasteiger partial charge in [-0.15, -0.1) is 0 Å². The molecule has 1 fully saturated rings. The van der Waals surface area contributed by atoms with Crippen molar-refractivity contribution in [1.82, 2.24) is 30.3 Å². The van der Waals surface area contributed by atoms with E-state index in [1.54, 1.807) is 7.11 Å². The lowest BCUT2D eigenvalue weighted by molar-refractivity contribution is 0.160. The summed E-state index contributed by atoms with van der Waals surface area (Å²) in [6.07, 6.45) is 7.15. The minimum absolute atomic E-state index is 0.324. The van der Waals surface area contributed by atoms with Crippen molar-refractivity contribution in [2.75, 3.05) is 33.3 Å². The number of aliphatic imine (C=N–C) groups is 1. The Morgan fingerprint density at radius 3 is 3.00 bits per heavy atom. The average molecular weight is 392 g/mol.